The molecule has 36 heavy (non-hydrogen) atoms. The Morgan fingerprint density at radius 1 is 0.972 bits per heavy atom. The molecule has 0 radical (unpaired) electrons. The maximum atomic E-state index is 13.4. The van der Waals surface area contributed by atoms with Gasteiger partial charge in [0.1, 0.15) is 5.75 Å². The molecule has 1 aromatic heterocycles. The average molecular weight is 510 g/mol. The predicted molar refractivity (Wildman–Crippen MR) is 141 cm³/mol. The number of fused-ring (bicyclic) bond motifs is 1. The number of likely N-dealkylation sites (tertiary alicyclic amines) is 1. The molecule has 5 rings (SSSR count). The summed E-state index contributed by atoms with van der Waals surface area (Å²) in [5.74, 6) is 0.834. The summed E-state index contributed by atoms with van der Waals surface area (Å²) in [7, 11) is -1.81. The topological polar surface area (TPSA) is 71.8 Å². The van der Waals surface area contributed by atoms with E-state index < -0.39 is 10.0 Å². The number of ether oxygens (including phenoxy) is 1. The van der Waals surface area contributed by atoms with Crippen LogP contribution in [-0.4, -0.2) is 66.8 Å². The van der Waals surface area contributed by atoms with Gasteiger partial charge in [-0.2, -0.15) is 4.31 Å². The van der Waals surface area contributed by atoms with Crippen molar-refractivity contribution in [2.24, 2.45) is 0 Å². The summed E-state index contributed by atoms with van der Waals surface area (Å²) in [4.78, 5) is 15.0. The van der Waals surface area contributed by atoms with Crippen molar-refractivity contribution < 1.29 is 17.9 Å². The number of hydrogen-bond donors (Lipinski definition) is 0. The molecule has 0 bridgehead atoms. The van der Waals surface area contributed by atoms with Crippen LogP contribution in [0, 0.1) is 0 Å². The second-order valence-corrected chi connectivity index (χ2v) is 11.8. The molecule has 2 aliphatic rings. The summed E-state index contributed by atoms with van der Waals surface area (Å²) >= 11 is 0. The first-order chi connectivity index (χ1) is 17.4. The highest BCUT2D eigenvalue weighted by Gasteiger charge is 2.43. The minimum absolute atomic E-state index is 0.0553. The molecule has 0 atom stereocenters. The van der Waals surface area contributed by atoms with Gasteiger partial charge in [0.15, 0.2) is 5.78 Å². The van der Waals surface area contributed by atoms with Gasteiger partial charge in [0.2, 0.25) is 10.0 Å². The maximum Gasteiger partial charge on any atom is 0.243 e. The Morgan fingerprint density at radius 2 is 1.67 bits per heavy atom. The molecule has 3 aromatic rings. The SMILES string of the molecule is COc1cccc2c(C(C)=O)cn(CCCN3CCC(N(C4CC4)S(=O)(=O)c4ccccc4)CC3)c12. The molecule has 1 saturated heterocycles. The molecular formula is C28H35N3O4S. The minimum Gasteiger partial charge on any atom is -0.495 e. The zero-order valence-corrected chi connectivity index (χ0v) is 21.9. The van der Waals surface area contributed by atoms with Crippen molar-refractivity contribution in [2.75, 3.05) is 26.7 Å². The largest absolute Gasteiger partial charge is 0.495 e. The van der Waals surface area contributed by atoms with Crippen LogP contribution >= 0.6 is 0 Å². The Morgan fingerprint density at radius 3 is 2.31 bits per heavy atom. The van der Waals surface area contributed by atoms with Gasteiger partial charge in [0, 0.05) is 35.8 Å². The van der Waals surface area contributed by atoms with E-state index in [-0.39, 0.29) is 17.9 Å². The monoisotopic (exact) mass is 509 g/mol. The van der Waals surface area contributed by atoms with E-state index in [1.165, 1.54) is 0 Å². The molecule has 1 aliphatic heterocycles. The summed E-state index contributed by atoms with van der Waals surface area (Å²) in [6.07, 6.45) is 6.53. The Hall–Kier alpha value is -2.68. The first kappa shape index (κ1) is 25.0. The molecule has 7 nitrogen and oxygen atoms in total. The first-order valence-electron chi connectivity index (χ1n) is 12.9. The van der Waals surface area contributed by atoms with Crippen molar-refractivity contribution in [2.45, 2.75) is 62.6 Å². The second-order valence-electron chi connectivity index (χ2n) is 9.95. The lowest BCUT2D eigenvalue weighted by Crippen LogP contribution is -2.48. The number of Topliss-reactive ketones (excluding diaryl/α,β-unsaturated/α-hetero) is 1. The van der Waals surface area contributed by atoms with Crippen molar-refractivity contribution >= 4 is 26.7 Å². The fourth-order valence-electron chi connectivity index (χ4n) is 5.54. The summed E-state index contributed by atoms with van der Waals surface area (Å²) in [5, 5.41) is 0.933. The number of piperidine rings is 1. The van der Waals surface area contributed by atoms with E-state index in [1.54, 1.807) is 38.3 Å². The number of carbonyl (C=O) groups is 1. The van der Waals surface area contributed by atoms with E-state index in [0.29, 0.717) is 4.90 Å². The molecule has 192 valence electrons. The maximum absolute atomic E-state index is 13.4. The third-order valence-electron chi connectivity index (χ3n) is 7.48. The Labute approximate surface area is 213 Å². The number of ketones is 1. The number of carbonyl (C=O) groups excluding carboxylic acids is 1. The first-order valence-corrected chi connectivity index (χ1v) is 14.3. The van der Waals surface area contributed by atoms with Crippen molar-refractivity contribution in [3.8, 4) is 5.75 Å². The third kappa shape index (κ3) is 4.94. The molecular weight excluding hydrogens is 474 g/mol. The highest BCUT2D eigenvalue weighted by Crippen LogP contribution is 2.37. The van der Waals surface area contributed by atoms with Crippen LogP contribution in [0.25, 0.3) is 10.9 Å². The number of hydrogen-bond acceptors (Lipinski definition) is 5. The highest BCUT2D eigenvalue weighted by molar-refractivity contribution is 7.89. The smallest absolute Gasteiger partial charge is 0.243 e. The fraction of sp³-hybridized carbons (Fsp3) is 0.464. The zero-order valence-electron chi connectivity index (χ0n) is 21.1. The van der Waals surface area contributed by atoms with Crippen LogP contribution in [-0.2, 0) is 16.6 Å². The van der Waals surface area contributed by atoms with E-state index in [9.17, 15) is 13.2 Å². The molecule has 2 heterocycles. The van der Waals surface area contributed by atoms with Crippen molar-refractivity contribution in [3.05, 3.63) is 60.3 Å². The van der Waals surface area contributed by atoms with Crippen LogP contribution in [0.15, 0.2) is 59.6 Å². The number of aromatic nitrogens is 1. The second kappa shape index (κ2) is 10.4. The van der Waals surface area contributed by atoms with E-state index in [1.807, 2.05) is 34.8 Å². The molecule has 0 unspecified atom stereocenters. The van der Waals surface area contributed by atoms with Gasteiger partial charge >= 0.3 is 0 Å². The average Bonchev–Trinajstić information content (AvgIpc) is 3.64. The van der Waals surface area contributed by atoms with E-state index in [0.717, 1.165) is 80.5 Å². The third-order valence-corrected chi connectivity index (χ3v) is 9.50. The Bertz CT molecular complexity index is 1320. The van der Waals surface area contributed by atoms with Crippen molar-refractivity contribution in [1.29, 1.82) is 0 Å². The van der Waals surface area contributed by atoms with Gasteiger partial charge in [-0.15, -0.1) is 0 Å². The predicted octanol–water partition coefficient (Wildman–Crippen LogP) is 4.56. The van der Waals surface area contributed by atoms with E-state index >= 15 is 0 Å². The van der Waals surface area contributed by atoms with Gasteiger partial charge in [-0.3, -0.25) is 4.79 Å². The normalized spacial score (nSPS) is 17.6. The van der Waals surface area contributed by atoms with Crippen LogP contribution in [0.1, 0.15) is 49.4 Å². The minimum atomic E-state index is -3.47. The summed E-state index contributed by atoms with van der Waals surface area (Å²) in [6, 6.07) is 14.9. The van der Waals surface area contributed by atoms with Gasteiger partial charge in [0.05, 0.1) is 17.5 Å². The molecule has 0 N–H and O–H groups in total. The standard InChI is InChI=1S/C28H35N3O4S/c1-21(32)26-20-30(28-25(26)10-6-11-27(28)35-2)17-7-16-29-18-14-23(15-19-29)31(22-12-13-22)36(33,34)24-8-4-3-5-9-24/h3-6,8-11,20,22-23H,7,12-19H2,1-2H3. The number of sulfonamides is 1. The zero-order chi connectivity index (χ0) is 25.3. The van der Waals surface area contributed by atoms with Gasteiger partial charge in [-0.1, -0.05) is 30.3 Å². The molecule has 1 aliphatic carbocycles. The van der Waals surface area contributed by atoms with Crippen LogP contribution in [0.4, 0.5) is 0 Å². The van der Waals surface area contributed by atoms with Crippen molar-refractivity contribution in [3.63, 3.8) is 0 Å². The summed E-state index contributed by atoms with van der Waals surface area (Å²) < 4.78 is 36.4. The van der Waals surface area contributed by atoms with Crippen LogP contribution in [0.2, 0.25) is 0 Å². The van der Waals surface area contributed by atoms with Gasteiger partial charge in [-0.25, -0.2) is 8.42 Å². The lowest BCUT2D eigenvalue weighted by atomic mass is 10.0. The molecule has 1 saturated carbocycles. The highest BCUT2D eigenvalue weighted by atomic mass is 32.2. The summed E-state index contributed by atoms with van der Waals surface area (Å²) in [6.45, 7) is 5.12. The summed E-state index contributed by atoms with van der Waals surface area (Å²) in [5.41, 5.74) is 1.69. The number of nitrogens with zero attached hydrogens (tertiary/aromatic N) is 3. The molecule has 0 amide bonds. The van der Waals surface area contributed by atoms with Gasteiger partial charge in [0.25, 0.3) is 0 Å². The van der Waals surface area contributed by atoms with Crippen LogP contribution in [0.5, 0.6) is 5.75 Å². The van der Waals surface area contributed by atoms with Gasteiger partial charge < -0.3 is 14.2 Å². The quantitative estimate of drug-likeness (QED) is 0.375. The lowest BCUT2D eigenvalue weighted by Gasteiger charge is -2.38. The van der Waals surface area contributed by atoms with Gasteiger partial charge in [-0.05, 0) is 76.9 Å². The number of benzene rings is 2. The van der Waals surface area contributed by atoms with Crippen molar-refractivity contribution in [1.82, 2.24) is 13.8 Å². The number of methoxy groups -OCH3 is 1. The van der Waals surface area contributed by atoms with E-state index in [2.05, 4.69) is 9.47 Å². The van der Waals surface area contributed by atoms with Crippen LogP contribution < -0.4 is 4.74 Å². The number of rotatable bonds is 10. The van der Waals surface area contributed by atoms with E-state index in [4.69, 9.17) is 4.74 Å². The fourth-order valence-corrected chi connectivity index (χ4v) is 7.49. The lowest BCUT2D eigenvalue weighted by molar-refractivity contribution is 0.101. The Balaban J connectivity index is 1.21. The van der Waals surface area contributed by atoms with Crippen LogP contribution in [0.3, 0.4) is 0 Å². The Kier molecular flexibility index (Phi) is 7.19. The molecule has 8 heteroatoms. The molecule has 0 spiro atoms. The molecule has 2 fully saturated rings. The number of para-hydroxylation sites is 1. The molecule has 2 aromatic carbocycles. The number of aryl methyl sites for hydroxylation is 1.